The van der Waals surface area contributed by atoms with Crippen LogP contribution in [0.25, 0.3) is 0 Å². The third kappa shape index (κ3) is 2.68. The summed E-state index contributed by atoms with van der Waals surface area (Å²) in [6.07, 6.45) is 5.68. The summed E-state index contributed by atoms with van der Waals surface area (Å²) in [5, 5.41) is 0. The van der Waals surface area contributed by atoms with Crippen LogP contribution in [0.15, 0.2) is 12.5 Å². The fourth-order valence-electron chi connectivity index (χ4n) is 2.56. The Morgan fingerprint density at radius 1 is 1.29 bits per heavy atom. The summed E-state index contributed by atoms with van der Waals surface area (Å²) in [4.78, 5) is 10.5. The van der Waals surface area contributed by atoms with Crippen LogP contribution < -0.4 is 10.6 Å². The van der Waals surface area contributed by atoms with Crippen LogP contribution in [0.2, 0.25) is 0 Å². The van der Waals surface area contributed by atoms with Gasteiger partial charge in [-0.1, -0.05) is 20.8 Å². The molecule has 17 heavy (non-hydrogen) atoms. The van der Waals surface area contributed by atoms with Gasteiger partial charge in [-0.05, 0) is 24.2 Å². The molecule has 94 valence electrons. The lowest BCUT2D eigenvalue weighted by atomic mass is 9.75. The first kappa shape index (κ1) is 12.1. The number of hydrogen-bond acceptors (Lipinski definition) is 4. The third-order valence-corrected chi connectivity index (χ3v) is 3.74. The standard InChI is InChI=1S/C13H22N4/c1-13(2,3)10-4-6-17(7-5-10)12-11(14)8-15-9-16-12/h8-10H,4-7,14H2,1-3H3. The monoisotopic (exact) mass is 234 g/mol. The Kier molecular flexibility index (Phi) is 3.22. The molecular weight excluding hydrogens is 212 g/mol. The van der Waals surface area contributed by atoms with Gasteiger partial charge in [0.05, 0.1) is 11.9 Å². The number of piperidine rings is 1. The summed E-state index contributed by atoms with van der Waals surface area (Å²) in [6, 6.07) is 0. The first-order chi connectivity index (χ1) is 7.98. The number of rotatable bonds is 1. The highest BCUT2D eigenvalue weighted by Gasteiger charge is 2.29. The molecule has 0 bridgehead atoms. The van der Waals surface area contributed by atoms with E-state index in [-0.39, 0.29) is 0 Å². The van der Waals surface area contributed by atoms with Crippen molar-refractivity contribution in [1.82, 2.24) is 9.97 Å². The lowest BCUT2D eigenvalue weighted by Crippen LogP contribution is -2.38. The van der Waals surface area contributed by atoms with Crippen molar-refractivity contribution in [2.75, 3.05) is 23.7 Å². The van der Waals surface area contributed by atoms with Gasteiger partial charge in [-0.25, -0.2) is 9.97 Å². The van der Waals surface area contributed by atoms with Gasteiger partial charge in [-0.2, -0.15) is 0 Å². The van der Waals surface area contributed by atoms with Gasteiger partial charge >= 0.3 is 0 Å². The molecule has 1 aromatic heterocycles. The summed E-state index contributed by atoms with van der Waals surface area (Å²) in [6.45, 7) is 9.07. The lowest BCUT2D eigenvalue weighted by Gasteiger charge is -2.39. The van der Waals surface area contributed by atoms with E-state index in [2.05, 4.69) is 35.6 Å². The molecule has 0 atom stereocenters. The molecule has 0 radical (unpaired) electrons. The minimum atomic E-state index is 0.406. The zero-order valence-electron chi connectivity index (χ0n) is 11.0. The van der Waals surface area contributed by atoms with Gasteiger partial charge in [0.2, 0.25) is 0 Å². The van der Waals surface area contributed by atoms with Crippen LogP contribution in [-0.4, -0.2) is 23.1 Å². The van der Waals surface area contributed by atoms with Crippen molar-refractivity contribution >= 4 is 11.5 Å². The van der Waals surface area contributed by atoms with Crippen LogP contribution >= 0.6 is 0 Å². The van der Waals surface area contributed by atoms with E-state index < -0.39 is 0 Å². The molecule has 2 heterocycles. The van der Waals surface area contributed by atoms with E-state index in [0.717, 1.165) is 24.8 Å². The molecule has 1 fully saturated rings. The van der Waals surface area contributed by atoms with E-state index in [9.17, 15) is 0 Å². The quantitative estimate of drug-likeness (QED) is 0.810. The largest absolute Gasteiger partial charge is 0.394 e. The average molecular weight is 234 g/mol. The third-order valence-electron chi connectivity index (χ3n) is 3.74. The second-order valence-corrected chi connectivity index (χ2v) is 5.93. The molecule has 1 aliphatic heterocycles. The summed E-state index contributed by atoms with van der Waals surface area (Å²) in [5.74, 6) is 1.69. The lowest BCUT2D eigenvalue weighted by molar-refractivity contribution is 0.199. The number of aromatic nitrogens is 2. The van der Waals surface area contributed by atoms with Crippen LogP contribution in [0.3, 0.4) is 0 Å². The van der Waals surface area contributed by atoms with Crippen LogP contribution in [0.4, 0.5) is 11.5 Å². The Bertz CT molecular complexity index is 375. The predicted molar refractivity (Wildman–Crippen MR) is 70.8 cm³/mol. The van der Waals surface area contributed by atoms with Gasteiger partial charge < -0.3 is 10.6 Å². The zero-order chi connectivity index (χ0) is 12.5. The highest BCUT2D eigenvalue weighted by Crippen LogP contribution is 2.35. The van der Waals surface area contributed by atoms with Crippen molar-refractivity contribution in [3.8, 4) is 0 Å². The second-order valence-electron chi connectivity index (χ2n) is 5.93. The van der Waals surface area contributed by atoms with Gasteiger partial charge in [-0.15, -0.1) is 0 Å². The molecule has 1 aromatic rings. The van der Waals surface area contributed by atoms with Crippen molar-refractivity contribution < 1.29 is 0 Å². The summed E-state index contributed by atoms with van der Waals surface area (Å²) < 4.78 is 0. The maximum absolute atomic E-state index is 5.91. The van der Waals surface area contributed by atoms with Gasteiger partial charge in [0.15, 0.2) is 5.82 Å². The second kappa shape index (κ2) is 4.51. The first-order valence-corrected chi connectivity index (χ1v) is 6.29. The van der Waals surface area contributed by atoms with E-state index in [1.807, 2.05) is 0 Å². The molecule has 0 unspecified atom stereocenters. The van der Waals surface area contributed by atoms with Crippen molar-refractivity contribution in [3.63, 3.8) is 0 Å². The van der Waals surface area contributed by atoms with E-state index in [4.69, 9.17) is 5.73 Å². The normalized spacial score (nSPS) is 18.4. The maximum Gasteiger partial charge on any atom is 0.155 e. The number of anilines is 2. The molecule has 2 N–H and O–H groups in total. The molecule has 0 spiro atoms. The van der Waals surface area contributed by atoms with Crippen LogP contribution in [0.5, 0.6) is 0 Å². The molecule has 0 saturated carbocycles. The van der Waals surface area contributed by atoms with E-state index in [1.165, 1.54) is 12.8 Å². The number of nitrogen functional groups attached to an aromatic ring is 1. The average Bonchev–Trinajstić information content (AvgIpc) is 2.29. The molecule has 1 saturated heterocycles. The molecule has 0 amide bonds. The SMILES string of the molecule is CC(C)(C)C1CCN(c2ncncc2N)CC1. The molecule has 0 aliphatic carbocycles. The molecule has 2 rings (SSSR count). The summed E-state index contributed by atoms with van der Waals surface area (Å²) in [5.41, 5.74) is 6.99. The van der Waals surface area contributed by atoms with Gasteiger partial charge in [0, 0.05) is 13.1 Å². The highest BCUT2D eigenvalue weighted by atomic mass is 15.2. The van der Waals surface area contributed by atoms with Gasteiger partial charge in [-0.3, -0.25) is 0 Å². The van der Waals surface area contributed by atoms with Crippen LogP contribution in [-0.2, 0) is 0 Å². The Labute approximate surface area is 103 Å². The molecule has 1 aliphatic rings. The highest BCUT2D eigenvalue weighted by molar-refractivity contribution is 5.60. The first-order valence-electron chi connectivity index (χ1n) is 6.29. The molecular formula is C13H22N4. The predicted octanol–water partition coefficient (Wildman–Crippen LogP) is 2.32. The van der Waals surface area contributed by atoms with E-state index in [0.29, 0.717) is 11.1 Å². The van der Waals surface area contributed by atoms with Crippen molar-refractivity contribution in [2.45, 2.75) is 33.6 Å². The van der Waals surface area contributed by atoms with E-state index in [1.54, 1.807) is 12.5 Å². The fourth-order valence-corrected chi connectivity index (χ4v) is 2.56. The minimum Gasteiger partial charge on any atom is -0.394 e. The Morgan fingerprint density at radius 2 is 1.94 bits per heavy atom. The fraction of sp³-hybridized carbons (Fsp3) is 0.692. The molecule has 4 heteroatoms. The van der Waals surface area contributed by atoms with E-state index >= 15 is 0 Å². The topological polar surface area (TPSA) is 55.0 Å². The zero-order valence-corrected chi connectivity index (χ0v) is 11.0. The van der Waals surface area contributed by atoms with Crippen molar-refractivity contribution in [3.05, 3.63) is 12.5 Å². The minimum absolute atomic E-state index is 0.406. The van der Waals surface area contributed by atoms with Crippen molar-refractivity contribution in [2.24, 2.45) is 11.3 Å². The Hall–Kier alpha value is -1.32. The number of nitrogens with zero attached hydrogens (tertiary/aromatic N) is 3. The number of nitrogens with two attached hydrogens (primary N) is 1. The van der Waals surface area contributed by atoms with Crippen molar-refractivity contribution in [1.29, 1.82) is 0 Å². The van der Waals surface area contributed by atoms with Gasteiger partial charge in [0.1, 0.15) is 6.33 Å². The molecule has 4 nitrogen and oxygen atoms in total. The Morgan fingerprint density at radius 3 is 2.47 bits per heavy atom. The molecule has 0 aromatic carbocycles. The Balaban J connectivity index is 2.03. The summed E-state index contributed by atoms with van der Waals surface area (Å²) >= 11 is 0. The van der Waals surface area contributed by atoms with Crippen LogP contribution in [0, 0.1) is 11.3 Å². The van der Waals surface area contributed by atoms with Gasteiger partial charge in [0.25, 0.3) is 0 Å². The van der Waals surface area contributed by atoms with Crippen LogP contribution in [0.1, 0.15) is 33.6 Å². The maximum atomic E-state index is 5.91. The smallest absolute Gasteiger partial charge is 0.155 e. The number of hydrogen-bond donors (Lipinski definition) is 1. The summed E-state index contributed by atoms with van der Waals surface area (Å²) in [7, 11) is 0.